The second-order valence-corrected chi connectivity index (χ2v) is 5.36. The van der Waals surface area contributed by atoms with Crippen LogP contribution in [-0.2, 0) is 9.59 Å². The number of nitrogens with one attached hydrogen (secondary N) is 2. The number of carbonyl (C=O) groups is 2. The molecule has 4 N–H and O–H groups in total. The minimum atomic E-state index is -0.354. The van der Waals surface area contributed by atoms with Gasteiger partial charge in [0.25, 0.3) is 0 Å². The molecule has 0 aliphatic heterocycles. The van der Waals surface area contributed by atoms with E-state index in [2.05, 4.69) is 10.6 Å². The van der Waals surface area contributed by atoms with Gasteiger partial charge in [0.1, 0.15) is 5.82 Å². The Balaban J connectivity index is 2.00. The molecule has 2 aromatic carbocycles. The second kappa shape index (κ2) is 9.34. The highest BCUT2D eigenvalue weighted by atomic mass is 19.1. The summed E-state index contributed by atoms with van der Waals surface area (Å²) in [5.74, 6) is -0.845. The Kier molecular flexibility index (Phi) is 6.86. The number of rotatable bonds is 7. The topological polar surface area (TPSA) is 84.2 Å². The molecule has 5 nitrogen and oxygen atoms in total. The Morgan fingerprint density at radius 1 is 1.00 bits per heavy atom. The highest BCUT2D eigenvalue weighted by molar-refractivity contribution is 6.05. The van der Waals surface area contributed by atoms with Gasteiger partial charge in [0.2, 0.25) is 11.8 Å². The van der Waals surface area contributed by atoms with E-state index in [1.165, 1.54) is 18.2 Å². The van der Waals surface area contributed by atoms with Gasteiger partial charge >= 0.3 is 0 Å². The summed E-state index contributed by atoms with van der Waals surface area (Å²) < 4.78 is 12.9. The maximum atomic E-state index is 12.9. The highest BCUT2D eigenvalue weighted by Crippen LogP contribution is 2.21. The fraction of sp³-hybridized carbons (Fsp3) is 0.158. The average molecular weight is 341 g/mol. The van der Waals surface area contributed by atoms with Crippen molar-refractivity contribution in [2.45, 2.75) is 12.8 Å². The third kappa shape index (κ3) is 6.19. The van der Waals surface area contributed by atoms with Crippen LogP contribution in [0.1, 0.15) is 18.4 Å². The molecular formula is C19H20FN3O2. The van der Waals surface area contributed by atoms with E-state index in [0.29, 0.717) is 36.3 Å². The molecule has 0 fully saturated rings. The van der Waals surface area contributed by atoms with Crippen molar-refractivity contribution in [3.8, 4) is 0 Å². The first-order chi connectivity index (χ1) is 12.1. The molecule has 0 aliphatic rings. The minimum Gasteiger partial charge on any atom is -0.330 e. The van der Waals surface area contributed by atoms with E-state index in [9.17, 15) is 14.0 Å². The molecule has 0 spiro atoms. The van der Waals surface area contributed by atoms with Crippen molar-refractivity contribution >= 4 is 29.3 Å². The van der Waals surface area contributed by atoms with Crippen LogP contribution < -0.4 is 16.4 Å². The fourth-order valence-electron chi connectivity index (χ4n) is 2.10. The number of para-hydroxylation sites is 2. The largest absolute Gasteiger partial charge is 0.330 e. The molecule has 2 aromatic rings. The van der Waals surface area contributed by atoms with Crippen LogP contribution >= 0.6 is 0 Å². The van der Waals surface area contributed by atoms with E-state index in [-0.39, 0.29) is 17.6 Å². The molecule has 25 heavy (non-hydrogen) atoms. The molecule has 130 valence electrons. The van der Waals surface area contributed by atoms with Crippen molar-refractivity contribution < 1.29 is 14.0 Å². The van der Waals surface area contributed by atoms with Crippen LogP contribution in [0.5, 0.6) is 0 Å². The lowest BCUT2D eigenvalue weighted by molar-refractivity contribution is -0.116. The average Bonchev–Trinajstić information content (AvgIpc) is 2.61. The lowest BCUT2D eigenvalue weighted by Gasteiger charge is -2.11. The first-order valence-electron chi connectivity index (χ1n) is 7.92. The van der Waals surface area contributed by atoms with Crippen LogP contribution in [0.25, 0.3) is 6.08 Å². The first kappa shape index (κ1) is 18.4. The molecule has 0 atom stereocenters. The minimum absolute atomic E-state index is 0.158. The maximum absolute atomic E-state index is 12.9. The predicted molar refractivity (Wildman–Crippen MR) is 97.4 cm³/mol. The summed E-state index contributed by atoms with van der Waals surface area (Å²) >= 11 is 0. The standard InChI is InChI=1S/C19H20FN3O2/c20-15-10-7-14(8-11-15)9-12-19(25)23-17-5-2-1-4-16(17)22-18(24)6-3-13-21/h1-2,4-5,7-12H,3,6,13,21H2,(H,22,24)(H,23,25)/b12-9+. The zero-order chi connectivity index (χ0) is 18.1. The van der Waals surface area contributed by atoms with E-state index in [1.54, 1.807) is 42.5 Å². The van der Waals surface area contributed by atoms with Gasteiger partial charge in [-0.05, 0) is 48.9 Å². The molecule has 0 radical (unpaired) electrons. The third-order valence-electron chi connectivity index (χ3n) is 3.36. The smallest absolute Gasteiger partial charge is 0.248 e. The van der Waals surface area contributed by atoms with Crippen molar-refractivity contribution in [2.75, 3.05) is 17.2 Å². The highest BCUT2D eigenvalue weighted by Gasteiger charge is 2.07. The molecule has 6 heteroatoms. The lowest BCUT2D eigenvalue weighted by atomic mass is 10.2. The Morgan fingerprint density at radius 2 is 1.64 bits per heavy atom. The van der Waals surface area contributed by atoms with Gasteiger partial charge in [-0.15, -0.1) is 0 Å². The third-order valence-corrected chi connectivity index (χ3v) is 3.36. The van der Waals surface area contributed by atoms with Gasteiger partial charge in [0.15, 0.2) is 0 Å². The summed E-state index contributed by atoms with van der Waals surface area (Å²) in [5.41, 5.74) is 7.12. The Bertz CT molecular complexity index is 758. The molecule has 0 unspecified atom stereocenters. The molecular weight excluding hydrogens is 321 g/mol. The number of halogens is 1. The number of anilines is 2. The molecule has 0 aliphatic carbocycles. The summed E-state index contributed by atoms with van der Waals surface area (Å²) in [7, 11) is 0. The van der Waals surface area contributed by atoms with E-state index < -0.39 is 0 Å². The van der Waals surface area contributed by atoms with Crippen molar-refractivity contribution in [2.24, 2.45) is 5.73 Å². The molecule has 2 amide bonds. The van der Waals surface area contributed by atoms with Crippen molar-refractivity contribution in [1.29, 1.82) is 0 Å². The normalized spacial score (nSPS) is 10.6. The quantitative estimate of drug-likeness (QED) is 0.676. The predicted octanol–water partition coefficient (Wildman–Crippen LogP) is 3.16. The number of benzene rings is 2. The van der Waals surface area contributed by atoms with Crippen LogP contribution in [0.2, 0.25) is 0 Å². The van der Waals surface area contributed by atoms with E-state index >= 15 is 0 Å². The van der Waals surface area contributed by atoms with Gasteiger partial charge in [0, 0.05) is 12.5 Å². The van der Waals surface area contributed by atoms with Crippen LogP contribution in [0, 0.1) is 5.82 Å². The number of hydrogen-bond acceptors (Lipinski definition) is 3. The zero-order valence-electron chi connectivity index (χ0n) is 13.7. The Labute approximate surface area is 145 Å². The number of amides is 2. The first-order valence-corrected chi connectivity index (χ1v) is 7.92. The molecule has 0 saturated heterocycles. The molecule has 2 rings (SSSR count). The Hall–Kier alpha value is -2.99. The van der Waals surface area contributed by atoms with Gasteiger partial charge in [0.05, 0.1) is 11.4 Å². The fourth-order valence-corrected chi connectivity index (χ4v) is 2.10. The summed E-state index contributed by atoms with van der Waals surface area (Å²) in [6.07, 6.45) is 3.85. The van der Waals surface area contributed by atoms with E-state index in [1.807, 2.05) is 0 Å². The van der Waals surface area contributed by atoms with Crippen LogP contribution in [0.3, 0.4) is 0 Å². The van der Waals surface area contributed by atoms with Gasteiger partial charge < -0.3 is 16.4 Å². The second-order valence-electron chi connectivity index (χ2n) is 5.36. The molecule has 0 bridgehead atoms. The van der Waals surface area contributed by atoms with Crippen LogP contribution in [0.15, 0.2) is 54.6 Å². The molecule has 0 aromatic heterocycles. The maximum Gasteiger partial charge on any atom is 0.248 e. The van der Waals surface area contributed by atoms with Gasteiger partial charge in [-0.1, -0.05) is 24.3 Å². The van der Waals surface area contributed by atoms with Crippen molar-refractivity contribution in [3.63, 3.8) is 0 Å². The number of hydrogen-bond donors (Lipinski definition) is 3. The SMILES string of the molecule is NCCCC(=O)Nc1ccccc1NC(=O)/C=C/c1ccc(F)cc1. The summed E-state index contributed by atoms with van der Waals surface area (Å²) in [6.45, 7) is 0.444. The van der Waals surface area contributed by atoms with Crippen molar-refractivity contribution in [1.82, 2.24) is 0 Å². The van der Waals surface area contributed by atoms with E-state index in [0.717, 1.165) is 0 Å². The lowest BCUT2D eigenvalue weighted by Crippen LogP contribution is -2.16. The van der Waals surface area contributed by atoms with Crippen molar-refractivity contribution in [3.05, 3.63) is 66.0 Å². The molecule has 0 heterocycles. The van der Waals surface area contributed by atoms with Crippen LogP contribution in [-0.4, -0.2) is 18.4 Å². The van der Waals surface area contributed by atoms with Gasteiger partial charge in [-0.2, -0.15) is 0 Å². The summed E-state index contributed by atoms with van der Waals surface area (Å²) in [5, 5.41) is 5.47. The number of carbonyl (C=O) groups excluding carboxylic acids is 2. The zero-order valence-corrected chi connectivity index (χ0v) is 13.7. The van der Waals surface area contributed by atoms with Gasteiger partial charge in [-0.25, -0.2) is 4.39 Å². The number of nitrogens with two attached hydrogens (primary N) is 1. The Morgan fingerprint density at radius 3 is 2.28 bits per heavy atom. The van der Waals surface area contributed by atoms with E-state index in [4.69, 9.17) is 5.73 Å². The van der Waals surface area contributed by atoms with Crippen LogP contribution in [0.4, 0.5) is 15.8 Å². The summed E-state index contributed by atoms with van der Waals surface area (Å²) in [6, 6.07) is 12.7. The van der Waals surface area contributed by atoms with Gasteiger partial charge in [-0.3, -0.25) is 9.59 Å². The summed E-state index contributed by atoms with van der Waals surface area (Å²) in [4.78, 5) is 23.9. The molecule has 0 saturated carbocycles. The monoisotopic (exact) mass is 341 g/mol.